The van der Waals surface area contributed by atoms with Crippen molar-refractivity contribution in [3.63, 3.8) is 0 Å². The van der Waals surface area contributed by atoms with Gasteiger partial charge in [-0.15, -0.1) is 0 Å². The molecule has 3 aromatic rings. The SMILES string of the molecule is Cc1nc([N+](=O)[O-])cn1CCN(C)CCCNc1ccnc2cc(Cl)ccc12. The first kappa shape index (κ1) is 20.0. The highest BCUT2D eigenvalue weighted by Gasteiger charge is 2.15. The Bertz CT molecular complexity index is 974. The zero-order valence-corrected chi connectivity index (χ0v) is 16.7. The first-order valence-electron chi connectivity index (χ1n) is 9.09. The summed E-state index contributed by atoms with van der Waals surface area (Å²) in [4.78, 5) is 20.8. The smallest absolute Gasteiger partial charge is 0.381 e. The third kappa shape index (κ3) is 4.96. The van der Waals surface area contributed by atoms with Crippen molar-refractivity contribution in [2.75, 3.05) is 32.0 Å². The third-order valence-electron chi connectivity index (χ3n) is 4.61. The number of hydrogen-bond donors (Lipinski definition) is 1. The van der Waals surface area contributed by atoms with E-state index in [1.165, 1.54) is 6.20 Å². The second-order valence-corrected chi connectivity index (χ2v) is 7.14. The monoisotopic (exact) mass is 402 g/mol. The minimum absolute atomic E-state index is 0.102. The normalized spacial score (nSPS) is 11.3. The molecule has 0 fully saturated rings. The number of nitrogens with one attached hydrogen (secondary N) is 1. The topological polar surface area (TPSA) is 89.1 Å². The highest BCUT2D eigenvalue weighted by molar-refractivity contribution is 6.31. The summed E-state index contributed by atoms with van der Waals surface area (Å²) >= 11 is 6.03. The van der Waals surface area contributed by atoms with Crippen molar-refractivity contribution < 1.29 is 4.92 Å². The Hall–Kier alpha value is -2.71. The lowest BCUT2D eigenvalue weighted by atomic mass is 10.2. The van der Waals surface area contributed by atoms with Gasteiger partial charge in [0.25, 0.3) is 0 Å². The standard InChI is InChI=1S/C19H23ClN6O2/c1-14-23-19(26(27)28)13-25(14)11-10-24(2)9-3-7-21-17-6-8-22-18-12-15(20)4-5-16(17)18/h4-6,8,12-13H,3,7,9-11H2,1-2H3,(H,21,22). The fourth-order valence-electron chi connectivity index (χ4n) is 3.04. The fraction of sp³-hybridized carbons (Fsp3) is 0.368. The van der Waals surface area contributed by atoms with Crippen molar-refractivity contribution in [3.05, 3.63) is 57.6 Å². The number of aryl methyl sites for hydroxylation is 1. The van der Waals surface area contributed by atoms with Crippen LogP contribution in [0.3, 0.4) is 0 Å². The number of nitro groups is 1. The predicted molar refractivity (Wildman–Crippen MR) is 111 cm³/mol. The van der Waals surface area contributed by atoms with Gasteiger partial charge >= 0.3 is 5.82 Å². The molecule has 0 aliphatic rings. The Morgan fingerprint density at radius 2 is 2.14 bits per heavy atom. The first-order chi connectivity index (χ1) is 13.4. The Morgan fingerprint density at radius 3 is 2.89 bits per heavy atom. The summed E-state index contributed by atoms with van der Waals surface area (Å²) in [5, 5.41) is 16.0. The lowest BCUT2D eigenvalue weighted by Gasteiger charge is -2.17. The van der Waals surface area contributed by atoms with Gasteiger partial charge in [-0.3, -0.25) is 4.98 Å². The van der Waals surface area contributed by atoms with E-state index in [4.69, 9.17) is 11.6 Å². The van der Waals surface area contributed by atoms with Gasteiger partial charge < -0.3 is 24.9 Å². The van der Waals surface area contributed by atoms with E-state index in [0.717, 1.165) is 42.6 Å². The quantitative estimate of drug-likeness (QED) is 0.333. The van der Waals surface area contributed by atoms with Crippen LogP contribution in [0.1, 0.15) is 12.2 Å². The van der Waals surface area contributed by atoms with Gasteiger partial charge in [-0.25, -0.2) is 0 Å². The zero-order valence-electron chi connectivity index (χ0n) is 15.9. The van der Waals surface area contributed by atoms with E-state index in [2.05, 4.69) is 20.2 Å². The number of pyridine rings is 1. The molecule has 0 atom stereocenters. The molecule has 28 heavy (non-hydrogen) atoms. The van der Waals surface area contributed by atoms with Crippen molar-refractivity contribution in [3.8, 4) is 0 Å². The number of anilines is 1. The number of hydrogen-bond acceptors (Lipinski definition) is 6. The zero-order chi connectivity index (χ0) is 20.1. The Morgan fingerprint density at radius 1 is 1.32 bits per heavy atom. The molecule has 2 heterocycles. The molecule has 2 aromatic heterocycles. The Balaban J connectivity index is 1.45. The minimum atomic E-state index is -0.463. The molecule has 9 heteroatoms. The summed E-state index contributed by atoms with van der Waals surface area (Å²) in [6.07, 6.45) is 4.24. The number of likely N-dealkylation sites (N-methyl/N-ethyl adjacent to an activating group) is 1. The second kappa shape index (κ2) is 8.99. The summed E-state index contributed by atoms with van der Waals surface area (Å²) in [5.41, 5.74) is 1.92. The number of imidazole rings is 1. The molecule has 3 rings (SSSR count). The van der Waals surface area contributed by atoms with Gasteiger partial charge in [0.1, 0.15) is 6.20 Å². The van der Waals surface area contributed by atoms with Crippen LogP contribution in [-0.2, 0) is 6.54 Å². The van der Waals surface area contributed by atoms with E-state index < -0.39 is 4.92 Å². The van der Waals surface area contributed by atoms with Crippen LogP contribution in [0.15, 0.2) is 36.7 Å². The molecule has 0 amide bonds. The van der Waals surface area contributed by atoms with Gasteiger partial charge in [0, 0.05) is 48.9 Å². The van der Waals surface area contributed by atoms with E-state index in [1.54, 1.807) is 13.1 Å². The number of fused-ring (bicyclic) bond motifs is 1. The number of aromatic nitrogens is 3. The lowest BCUT2D eigenvalue weighted by Crippen LogP contribution is -2.25. The van der Waals surface area contributed by atoms with Crippen LogP contribution in [0.2, 0.25) is 5.02 Å². The molecule has 0 aliphatic heterocycles. The van der Waals surface area contributed by atoms with E-state index in [9.17, 15) is 10.1 Å². The van der Waals surface area contributed by atoms with Crippen molar-refractivity contribution in [1.29, 1.82) is 0 Å². The molecule has 0 bridgehead atoms. The first-order valence-corrected chi connectivity index (χ1v) is 9.46. The summed E-state index contributed by atoms with van der Waals surface area (Å²) in [6.45, 7) is 5.00. The molecular formula is C19H23ClN6O2. The van der Waals surface area contributed by atoms with Crippen molar-refractivity contribution in [2.45, 2.75) is 19.9 Å². The summed E-state index contributed by atoms with van der Waals surface area (Å²) in [7, 11) is 2.05. The molecule has 0 aliphatic carbocycles. The van der Waals surface area contributed by atoms with E-state index in [0.29, 0.717) is 17.4 Å². The number of benzene rings is 1. The molecule has 8 nitrogen and oxygen atoms in total. The fourth-order valence-corrected chi connectivity index (χ4v) is 3.21. The highest BCUT2D eigenvalue weighted by atomic mass is 35.5. The maximum Gasteiger partial charge on any atom is 0.381 e. The number of halogens is 1. The largest absolute Gasteiger partial charge is 0.384 e. The number of nitrogens with zero attached hydrogens (tertiary/aromatic N) is 5. The van der Waals surface area contributed by atoms with Crippen LogP contribution in [0, 0.1) is 17.0 Å². The molecule has 1 aromatic carbocycles. The summed E-state index contributed by atoms with van der Waals surface area (Å²) in [5.74, 6) is 0.557. The van der Waals surface area contributed by atoms with Crippen molar-refractivity contribution in [1.82, 2.24) is 19.4 Å². The molecule has 0 unspecified atom stereocenters. The molecule has 0 saturated heterocycles. The van der Waals surface area contributed by atoms with E-state index >= 15 is 0 Å². The van der Waals surface area contributed by atoms with Gasteiger partial charge in [0.15, 0.2) is 0 Å². The lowest BCUT2D eigenvalue weighted by molar-refractivity contribution is -0.389. The van der Waals surface area contributed by atoms with Crippen molar-refractivity contribution >= 4 is 34.0 Å². The average molecular weight is 403 g/mol. The maximum absolute atomic E-state index is 10.8. The van der Waals surface area contributed by atoms with E-state index in [1.807, 2.05) is 35.9 Å². The second-order valence-electron chi connectivity index (χ2n) is 6.70. The Labute approximate surface area is 168 Å². The third-order valence-corrected chi connectivity index (χ3v) is 4.84. The van der Waals surface area contributed by atoms with Gasteiger partial charge in [0.2, 0.25) is 5.82 Å². The molecule has 1 N–H and O–H groups in total. The van der Waals surface area contributed by atoms with Gasteiger partial charge in [-0.05, 0) is 54.2 Å². The van der Waals surface area contributed by atoms with Crippen LogP contribution in [0.5, 0.6) is 0 Å². The van der Waals surface area contributed by atoms with Crippen LogP contribution in [0.25, 0.3) is 10.9 Å². The summed E-state index contributed by atoms with van der Waals surface area (Å²) in [6, 6.07) is 7.67. The molecule has 0 spiro atoms. The van der Waals surface area contributed by atoms with Gasteiger partial charge in [-0.2, -0.15) is 0 Å². The molecule has 0 saturated carbocycles. The van der Waals surface area contributed by atoms with Crippen molar-refractivity contribution in [2.24, 2.45) is 0 Å². The molecule has 0 radical (unpaired) electrons. The highest BCUT2D eigenvalue weighted by Crippen LogP contribution is 2.24. The van der Waals surface area contributed by atoms with Crippen LogP contribution in [-0.4, -0.2) is 51.0 Å². The van der Waals surface area contributed by atoms with Crippen LogP contribution in [0.4, 0.5) is 11.5 Å². The minimum Gasteiger partial charge on any atom is -0.384 e. The maximum atomic E-state index is 10.8. The average Bonchev–Trinajstić information content (AvgIpc) is 3.04. The van der Waals surface area contributed by atoms with Crippen LogP contribution >= 0.6 is 11.6 Å². The molecule has 148 valence electrons. The predicted octanol–water partition coefficient (Wildman–Crippen LogP) is 3.74. The molecular weight excluding hydrogens is 380 g/mol. The summed E-state index contributed by atoms with van der Waals surface area (Å²) < 4.78 is 1.82. The Kier molecular flexibility index (Phi) is 6.43. The van der Waals surface area contributed by atoms with Gasteiger partial charge in [-0.1, -0.05) is 11.6 Å². The van der Waals surface area contributed by atoms with Gasteiger partial charge in [0.05, 0.1) is 5.52 Å². The van der Waals surface area contributed by atoms with E-state index in [-0.39, 0.29) is 5.82 Å². The van der Waals surface area contributed by atoms with Crippen LogP contribution < -0.4 is 5.32 Å². The number of rotatable bonds is 9.